The molecule has 0 saturated carbocycles. The van der Waals surface area contributed by atoms with Gasteiger partial charge in [0.2, 0.25) is 0 Å². The third-order valence-corrected chi connectivity index (χ3v) is 10.3. The van der Waals surface area contributed by atoms with Crippen LogP contribution in [-0.2, 0) is 63.0 Å². The largest absolute Gasteiger partial charge is 0.496 e. The second-order valence-corrected chi connectivity index (χ2v) is 14.3. The van der Waals surface area contributed by atoms with Crippen LogP contribution in [0.3, 0.4) is 0 Å². The van der Waals surface area contributed by atoms with Gasteiger partial charge in [0.1, 0.15) is 36.3 Å². The lowest BCUT2D eigenvalue weighted by Gasteiger charge is -2.46. The molecule has 7 rings (SSSR count). The van der Waals surface area contributed by atoms with Crippen LogP contribution in [0.2, 0.25) is 0 Å². The Morgan fingerprint density at radius 1 is 0.482 bits per heavy atom. The van der Waals surface area contributed by atoms with Gasteiger partial charge in [0.25, 0.3) is 0 Å². The van der Waals surface area contributed by atoms with Crippen molar-refractivity contribution in [3.8, 4) is 5.75 Å². The van der Waals surface area contributed by atoms with Crippen LogP contribution in [0.15, 0.2) is 164 Å². The standard InChI is InChI=1S/C50H52O6/c1-3-37-24-26-38(27-25-37)30-44-31-43(28-29-45(44)51-2)47-49(54-34-41-20-12-6-13-21-41)50(55-35-42-22-14-7-15-23-42)48(53-33-40-18-10-5-11-19-40)46(56-47)36-52-32-39-16-8-4-9-17-39/h4-29,31,46-50H,3,30,32-36H2,1-2H3/t46-,47+,48-,49+,50+/m1/s1. The lowest BCUT2D eigenvalue weighted by atomic mass is 9.89. The molecule has 0 spiro atoms. The maximum atomic E-state index is 7.21. The summed E-state index contributed by atoms with van der Waals surface area (Å²) in [5.74, 6) is 0.828. The highest BCUT2D eigenvalue weighted by Gasteiger charge is 2.49. The van der Waals surface area contributed by atoms with E-state index in [1.165, 1.54) is 11.1 Å². The molecule has 6 aromatic rings. The van der Waals surface area contributed by atoms with Crippen molar-refractivity contribution in [2.24, 2.45) is 0 Å². The summed E-state index contributed by atoms with van der Waals surface area (Å²) in [5, 5.41) is 0. The van der Waals surface area contributed by atoms with E-state index in [1.54, 1.807) is 7.11 Å². The van der Waals surface area contributed by atoms with Crippen LogP contribution in [0.5, 0.6) is 5.75 Å². The van der Waals surface area contributed by atoms with Gasteiger partial charge in [-0.1, -0.05) is 159 Å². The third-order valence-electron chi connectivity index (χ3n) is 10.3. The van der Waals surface area contributed by atoms with Gasteiger partial charge in [0, 0.05) is 6.42 Å². The van der Waals surface area contributed by atoms with E-state index in [1.807, 2.05) is 78.9 Å². The highest BCUT2D eigenvalue weighted by Crippen LogP contribution is 2.40. The van der Waals surface area contributed by atoms with Gasteiger partial charge in [-0.25, -0.2) is 0 Å². The Labute approximate surface area is 332 Å². The first-order valence-electron chi connectivity index (χ1n) is 19.6. The zero-order chi connectivity index (χ0) is 38.4. The van der Waals surface area contributed by atoms with Crippen molar-refractivity contribution in [2.75, 3.05) is 13.7 Å². The van der Waals surface area contributed by atoms with Crippen molar-refractivity contribution in [3.63, 3.8) is 0 Å². The molecule has 0 unspecified atom stereocenters. The van der Waals surface area contributed by atoms with Crippen LogP contribution in [0.1, 0.15) is 57.5 Å². The van der Waals surface area contributed by atoms with Crippen molar-refractivity contribution in [2.45, 2.75) is 76.7 Å². The summed E-state index contributed by atoms with van der Waals surface area (Å²) in [6.07, 6.45) is -0.827. The number of ether oxygens (including phenoxy) is 6. The summed E-state index contributed by atoms with van der Waals surface area (Å²) in [6.45, 7) is 4.07. The van der Waals surface area contributed by atoms with Crippen LogP contribution in [0.4, 0.5) is 0 Å². The third kappa shape index (κ3) is 10.6. The van der Waals surface area contributed by atoms with Gasteiger partial charge in [0.15, 0.2) is 0 Å². The lowest BCUT2D eigenvalue weighted by Crippen LogP contribution is -2.58. The van der Waals surface area contributed by atoms with Crippen LogP contribution in [0, 0.1) is 0 Å². The highest BCUT2D eigenvalue weighted by molar-refractivity contribution is 5.42. The van der Waals surface area contributed by atoms with Crippen LogP contribution in [-0.4, -0.2) is 38.1 Å². The van der Waals surface area contributed by atoms with E-state index in [-0.39, 0.29) is 0 Å². The molecule has 0 amide bonds. The summed E-state index contributed by atoms with van der Waals surface area (Å²) < 4.78 is 40.4. The zero-order valence-corrected chi connectivity index (χ0v) is 32.4. The second kappa shape index (κ2) is 20.2. The number of aryl methyl sites for hydroxylation is 1. The van der Waals surface area contributed by atoms with Crippen LogP contribution in [0.25, 0.3) is 0 Å². The van der Waals surface area contributed by atoms with E-state index in [0.717, 1.165) is 45.6 Å². The van der Waals surface area contributed by atoms with E-state index >= 15 is 0 Å². The quantitative estimate of drug-likeness (QED) is 0.0873. The molecule has 0 N–H and O–H groups in total. The highest BCUT2D eigenvalue weighted by atomic mass is 16.6. The Kier molecular flexibility index (Phi) is 14.1. The van der Waals surface area contributed by atoms with Gasteiger partial charge >= 0.3 is 0 Å². The van der Waals surface area contributed by atoms with E-state index < -0.39 is 30.5 Å². The maximum absolute atomic E-state index is 7.21. The number of hydrogen-bond acceptors (Lipinski definition) is 6. The Bertz CT molecular complexity index is 2020. The molecular formula is C50H52O6. The summed E-state index contributed by atoms with van der Waals surface area (Å²) in [7, 11) is 1.73. The van der Waals surface area contributed by atoms with Crippen LogP contribution >= 0.6 is 0 Å². The first-order chi connectivity index (χ1) is 27.7. The molecule has 1 fully saturated rings. The first kappa shape index (κ1) is 39.2. The maximum Gasteiger partial charge on any atom is 0.122 e. The van der Waals surface area contributed by atoms with Crippen molar-refractivity contribution in [1.82, 2.24) is 0 Å². The Hall–Kier alpha value is -5.08. The summed E-state index contributed by atoms with van der Waals surface area (Å²) in [5.41, 5.74) is 8.86. The lowest BCUT2D eigenvalue weighted by molar-refractivity contribution is -0.275. The number of rotatable bonds is 18. The SMILES string of the molecule is CCc1ccc(Cc2cc([C@@H]3O[C@H](COCc4ccccc4)[C@@H](OCc4ccccc4)[C@H](OCc4ccccc4)[C@H]3OCc3ccccc3)ccc2OC)cc1. The Balaban J connectivity index is 1.27. The van der Waals surface area contributed by atoms with Gasteiger partial charge in [-0.05, 0) is 63.1 Å². The molecule has 0 aliphatic carbocycles. The minimum Gasteiger partial charge on any atom is -0.496 e. The molecular weight excluding hydrogens is 697 g/mol. The second-order valence-electron chi connectivity index (χ2n) is 14.3. The smallest absolute Gasteiger partial charge is 0.122 e. The normalized spacial score (nSPS) is 19.4. The molecule has 6 heteroatoms. The fourth-order valence-electron chi connectivity index (χ4n) is 7.28. The van der Waals surface area contributed by atoms with Gasteiger partial charge in [-0.3, -0.25) is 0 Å². The van der Waals surface area contributed by atoms with E-state index in [2.05, 4.69) is 91.9 Å². The molecule has 6 nitrogen and oxygen atoms in total. The van der Waals surface area contributed by atoms with E-state index in [4.69, 9.17) is 28.4 Å². The van der Waals surface area contributed by atoms with E-state index in [0.29, 0.717) is 39.5 Å². The molecule has 0 aromatic heterocycles. The Morgan fingerprint density at radius 3 is 1.48 bits per heavy atom. The van der Waals surface area contributed by atoms with Crippen molar-refractivity contribution >= 4 is 0 Å². The predicted molar refractivity (Wildman–Crippen MR) is 220 cm³/mol. The fraction of sp³-hybridized carbons (Fsp3) is 0.280. The average Bonchev–Trinajstić information content (AvgIpc) is 3.26. The molecule has 1 aliphatic rings. The fourth-order valence-corrected chi connectivity index (χ4v) is 7.28. The Morgan fingerprint density at radius 2 is 0.964 bits per heavy atom. The molecule has 0 bridgehead atoms. The molecule has 6 aromatic carbocycles. The molecule has 0 radical (unpaired) electrons. The molecule has 288 valence electrons. The van der Waals surface area contributed by atoms with Crippen molar-refractivity contribution < 1.29 is 28.4 Å². The monoisotopic (exact) mass is 748 g/mol. The van der Waals surface area contributed by atoms with Gasteiger partial charge in [-0.2, -0.15) is 0 Å². The average molecular weight is 749 g/mol. The van der Waals surface area contributed by atoms with Crippen molar-refractivity contribution in [1.29, 1.82) is 0 Å². The summed E-state index contributed by atoms with van der Waals surface area (Å²) >= 11 is 0. The van der Waals surface area contributed by atoms with Gasteiger partial charge in [-0.15, -0.1) is 0 Å². The number of hydrogen-bond donors (Lipinski definition) is 0. The summed E-state index contributed by atoms with van der Waals surface area (Å²) in [6, 6.07) is 56.1. The predicted octanol–water partition coefficient (Wildman–Crippen LogP) is 10.3. The topological polar surface area (TPSA) is 55.4 Å². The van der Waals surface area contributed by atoms with Gasteiger partial charge < -0.3 is 28.4 Å². The van der Waals surface area contributed by atoms with Gasteiger partial charge in [0.05, 0.1) is 40.1 Å². The molecule has 1 aliphatic heterocycles. The zero-order valence-electron chi connectivity index (χ0n) is 32.4. The molecule has 1 heterocycles. The van der Waals surface area contributed by atoms with E-state index in [9.17, 15) is 0 Å². The minimum atomic E-state index is -0.532. The molecule has 5 atom stereocenters. The minimum absolute atomic E-state index is 0.300. The van der Waals surface area contributed by atoms with Crippen molar-refractivity contribution in [3.05, 3.63) is 208 Å². The molecule has 56 heavy (non-hydrogen) atoms. The summed E-state index contributed by atoms with van der Waals surface area (Å²) in [4.78, 5) is 0. The molecule has 1 saturated heterocycles. The van der Waals surface area contributed by atoms with Crippen LogP contribution < -0.4 is 4.74 Å². The first-order valence-corrected chi connectivity index (χ1v) is 19.6. The number of benzene rings is 6. The number of methoxy groups -OCH3 is 1.